The van der Waals surface area contributed by atoms with Gasteiger partial charge in [-0.15, -0.1) is 0 Å². The molecule has 1 heterocycles. The van der Waals surface area contributed by atoms with Gasteiger partial charge in [-0.05, 0) is 19.9 Å². The van der Waals surface area contributed by atoms with Crippen molar-refractivity contribution in [3.05, 3.63) is 0 Å². The van der Waals surface area contributed by atoms with Crippen LogP contribution in [0.15, 0.2) is 4.99 Å². The van der Waals surface area contributed by atoms with E-state index >= 15 is 0 Å². The Bertz CT molecular complexity index is 134. The number of hydrogen-bond acceptors (Lipinski definition) is 3. The van der Waals surface area contributed by atoms with Crippen molar-refractivity contribution < 1.29 is 4.74 Å². The lowest BCUT2D eigenvalue weighted by molar-refractivity contribution is 0.239. The van der Waals surface area contributed by atoms with Crippen LogP contribution in [0.2, 0.25) is 0 Å². The molecule has 0 spiro atoms. The third kappa shape index (κ3) is 1.99. The van der Waals surface area contributed by atoms with Gasteiger partial charge in [-0.25, -0.2) is 0 Å². The number of nitrogens with zero attached hydrogens (tertiary/aromatic N) is 1. The first-order valence-corrected chi connectivity index (χ1v) is 3.73. The Morgan fingerprint density at radius 2 is 2.60 bits per heavy atom. The number of aliphatic imine (C=N–C) groups is 1. The minimum Gasteiger partial charge on any atom is -0.476 e. The highest BCUT2D eigenvalue weighted by Crippen LogP contribution is 2.06. The van der Waals surface area contributed by atoms with Crippen LogP contribution in [0.25, 0.3) is 0 Å². The topological polar surface area (TPSA) is 47.6 Å². The standard InChI is InChI=1S/C7H14N2O/c1-6-5-9-7(10-6)3-2-4-8/h6H,2-5,8H2,1H3. The highest BCUT2D eigenvalue weighted by Gasteiger charge is 2.13. The largest absolute Gasteiger partial charge is 0.476 e. The van der Waals surface area contributed by atoms with E-state index in [1.807, 2.05) is 6.92 Å². The molecule has 0 fully saturated rings. The molecule has 3 nitrogen and oxygen atoms in total. The summed E-state index contributed by atoms with van der Waals surface area (Å²) in [4.78, 5) is 4.19. The molecule has 0 aromatic heterocycles. The Hall–Kier alpha value is -0.570. The van der Waals surface area contributed by atoms with Crippen molar-refractivity contribution in [2.75, 3.05) is 13.1 Å². The minimum absolute atomic E-state index is 0.285. The Balaban J connectivity index is 2.17. The summed E-state index contributed by atoms with van der Waals surface area (Å²) in [6.07, 6.45) is 2.17. The summed E-state index contributed by atoms with van der Waals surface area (Å²) in [5.74, 6) is 0.887. The normalized spacial score (nSPS) is 24.2. The molecule has 1 rings (SSSR count). The van der Waals surface area contributed by atoms with Crippen molar-refractivity contribution >= 4 is 5.90 Å². The van der Waals surface area contributed by atoms with Crippen molar-refractivity contribution in [1.82, 2.24) is 0 Å². The second-order valence-electron chi connectivity index (χ2n) is 2.56. The molecule has 0 aliphatic carbocycles. The fourth-order valence-electron chi connectivity index (χ4n) is 0.928. The van der Waals surface area contributed by atoms with Gasteiger partial charge in [-0.2, -0.15) is 0 Å². The van der Waals surface area contributed by atoms with E-state index in [2.05, 4.69) is 4.99 Å². The summed E-state index contributed by atoms with van der Waals surface area (Å²) in [5, 5.41) is 0. The maximum Gasteiger partial charge on any atom is 0.183 e. The first kappa shape index (κ1) is 7.54. The van der Waals surface area contributed by atoms with Gasteiger partial charge < -0.3 is 10.5 Å². The predicted octanol–water partition coefficient (Wildman–Crippen LogP) is 0.543. The van der Waals surface area contributed by atoms with Crippen molar-refractivity contribution in [1.29, 1.82) is 0 Å². The van der Waals surface area contributed by atoms with Crippen LogP contribution in [-0.2, 0) is 4.74 Å². The molecule has 0 aromatic carbocycles. The van der Waals surface area contributed by atoms with Crippen LogP contribution in [0.5, 0.6) is 0 Å². The van der Waals surface area contributed by atoms with Gasteiger partial charge in [-0.1, -0.05) is 0 Å². The monoisotopic (exact) mass is 142 g/mol. The number of ether oxygens (including phenoxy) is 1. The van der Waals surface area contributed by atoms with Crippen molar-refractivity contribution in [3.8, 4) is 0 Å². The zero-order valence-corrected chi connectivity index (χ0v) is 6.34. The van der Waals surface area contributed by atoms with E-state index in [0.29, 0.717) is 0 Å². The molecule has 0 amide bonds. The first-order chi connectivity index (χ1) is 4.83. The molecule has 1 aliphatic rings. The van der Waals surface area contributed by atoms with Crippen LogP contribution in [0, 0.1) is 0 Å². The van der Waals surface area contributed by atoms with Crippen molar-refractivity contribution in [3.63, 3.8) is 0 Å². The fourth-order valence-corrected chi connectivity index (χ4v) is 0.928. The van der Waals surface area contributed by atoms with Crippen molar-refractivity contribution in [2.24, 2.45) is 10.7 Å². The van der Waals surface area contributed by atoms with E-state index in [-0.39, 0.29) is 6.10 Å². The van der Waals surface area contributed by atoms with Crippen molar-refractivity contribution in [2.45, 2.75) is 25.9 Å². The van der Waals surface area contributed by atoms with Gasteiger partial charge in [0, 0.05) is 6.42 Å². The second-order valence-corrected chi connectivity index (χ2v) is 2.56. The highest BCUT2D eigenvalue weighted by atomic mass is 16.5. The summed E-state index contributed by atoms with van der Waals surface area (Å²) < 4.78 is 5.36. The zero-order valence-electron chi connectivity index (χ0n) is 6.34. The molecule has 0 bridgehead atoms. The van der Waals surface area contributed by atoms with Gasteiger partial charge >= 0.3 is 0 Å². The zero-order chi connectivity index (χ0) is 7.40. The number of hydrogen-bond donors (Lipinski definition) is 1. The fraction of sp³-hybridized carbons (Fsp3) is 0.857. The van der Waals surface area contributed by atoms with Gasteiger partial charge in [0.2, 0.25) is 0 Å². The SMILES string of the molecule is CC1CN=C(CCCN)O1. The molecule has 0 saturated carbocycles. The van der Waals surface area contributed by atoms with Crippen LogP contribution < -0.4 is 5.73 Å². The summed E-state index contributed by atoms with van der Waals surface area (Å²) in [6, 6.07) is 0. The summed E-state index contributed by atoms with van der Waals surface area (Å²) in [5.41, 5.74) is 5.33. The van der Waals surface area contributed by atoms with E-state index < -0.39 is 0 Å². The minimum atomic E-state index is 0.285. The molecule has 10 heavy (non-hydrogen) atoms. The summed E-state index contributed by atoms with van der Waals surface area (Å²) >= 11 is 0. The summed E-state index contributed by atoms with van der Waals surface area (Å²) in [7, 11) is 0. The van der Waals surface area contributed by atoms with Gasteiger partial charge in [-0.3, -0.25) is 4.99 Å². The molecule has 0 radical (unpaired) electrons. The van der Waals surface area contributed by atoms with Gasteiger partial charge in [0.05, 0.1) is 6.54 Å². The Morgan fingerprint density at radius 1 is 1.80 bits per heavy atom. The molecule has 1 unspecified atom stereocenters. The van der Waals surface area contributed by atoms with Crippen LogP contribution >= 0.6 is 0 Å². The number of nitrogens with two attached hydrogens (primary N) is 1. The molecule has 58 valence electrons. The average Bonchev–Trinajstić information content (AvgIpc) is 2.31. The quantitative estimate of drug-likeness (QED) is 0.625. The van der Waals surface area contributed by atoms with Crippen LogP contribution in [-0.4, -0.2) is 25.1 Å². The first-order valence-electron chi connectivity index (χ1n) is 3.73. The molecule has 0 aromatic rings. The third-order valence-corrected chi connectivity index (χ3v) is 1.46. The third-order valence-electron chi connectivity index (χ3n) is 1.46. The van der Waals surface area contributed by atoms with E-state index in [1.165, 1.54) is 0 Å². The highest BCUT2D eigenvalue weighted by molar-refractivity contribution is 5.77. The molecule has 0 saturated heterocycles. The predicted molar refractivity (Wildman–Crippen MR) is 41.1 cm³/mol. The lowest BCUT2D eigenvalue weighted by Gasteiger charge is -2.03. The smallest absolute Gasteiger partial charge is 0.183 e. The second kappa shape index (κ2) is 3.56. The van der Waals surface area contributed by atoms with Crippen LogP contribution in [0.3, 0.4) is 0 Å². The lowest BCUT2D eigenvalue weighted by atomic mass is 10.3. The van der Waals surface area contributed by atoms with E-state index in [9.17, 15) is 0 Å². The molecular weight excluding hydrogens is 128 g/mol. The van der Waals surface area contributed by atoms with Gasteiger partial charge in [0.25, 0.3) is 0 Å². The van der Waals surface area contributed by atoms with Gasteiger partial charge in [0.15, 0.2) is 5.90 Å². The summed E-state index contributed by atoms with van der Waals surface area (Å²) in [6.45, 7) is 3.57. The number of rotatable bonds is 3. The van der Waals surface area contributed by atoms with E-state index in [0.717, 1.165) is 31.8 Å². The molecular formula is C7H14N2O. The molecule has 3 heteroatoms. The average molecular weight is 142 g/mol. The lowest BCUT2D eigenvalue weighted by Crippen LogP contribution is -2.09. The maximum absolute atomic E-state index is 5.36. The molecule has 2 N–H and O–H groups in total. The molecule has 1 aliphatic heterocycles. The van der Waals surface area contributed by atoms with Crippen LogP contribution in [0.4, 0.5) is 0 Å². The van der Waals surface area contributed by atoms with E-state index in [4.69, 9.17) is 10.5 Å². The Morgan fingerprint density at radius 3 is 3.10 bits per heavy atom. The maximum atomic E-state index is 5.36. The van der Waals surface area contributed by atoms with E-state index in [1.54, 1.807) is 0 Å². The van der Waals surface area contributed by atoms with Crippen LogP contribution in [0.1, 0.15) is 19.8 Å². The van der Waals surface area contributed by atoms with Gasteiger partial charge in [0.1, 0.15) is 6.10 Å². The molecule has 1 atom stereocenters. The Kier molecular flexibility index (Phi) is 2.68. The Labute approximate surface area is 61.3 Å².